The van der Waals surface area contributed by atoms with Gasteiger partial charge in [-0.3, -0.25) is 9.69 Å². The highest BCUT2D eigenvalue weighted by Crippen LogP contribution is 2.21. The van der Waals surface area contributed by atoms with Crippen LogP contribution in [-0.2, 0) is 4.79 Å². The number of nitrogens with zero attached hydrogens (tertiary/aromatic N) is 1. The number of anilines is 1. The Bertz CT molecular complexity index is 487. The molecular formula is C16H24N2O2. The minimum absolute atomic E-state index is 0.00907. The van der Waals surface area contributed by atoms with Crippen molar-refractivity contribution in [2.75, 3.05) is 25.0 Å². The van der Waals surface area contributed by atoms with Gasteiger partial charge in [-0.25, -0.2) is 0 Å². The average Bonchev–Trinajstić information content (AvgIpc) is 2.36. The molecular weight excluding hydrogens is 252 g/mol. The summed E-state index contributed by atoms with van der Waals surface area (Å²) in [5, 5.41) is 12.8. The summed E-state index contributed by atoms with van der Waals surface area (Å²) in [7, 11) is 0. The maximum atomic E-state index is 12.0. The molecule has 1 aromatic carbocycles. The number of likely N-dealkylation sites (tertiary alicyclic amines) is 1. The summed E-state index contributed by atoms with van der Waals surface area (Å²) in [5.41, 5.74) is 2.68. The standard InChI is InChI=1S/C16H24N2O2/c1-12-4-5-14(10-13(12)2)17-15(19)11-18-8-6-16(3,20)7-9-18/h4-5,10,20H,6-9,11H2,1-3H3,(H,17,19). The number of amides is 1. The van der Waals surface area contributed by atoms with Crippen molar-refractivity contribution in [1.29, 1.82) is 0 Å². The molecule has 1 fully saturated rings. The summed E-state index contributed by atoms with van der Waals surface area (Å²) in [5.74, 6) is 0.00907. The van der Waals surface area contributed by atoms with Gasteiger partial charge in [-0.15, -0.1) is 0 Å². The summed E-state index contributed by atoms with van der Waals surface area (Å²) in [6.45, 7) is 7.89. The predicted molar refractivity (Wildman–Crippen MR) is 80.8 cm³/mol. The van der Waals surface area contributed by atoms with Gasteiger partial charge in [-0.05, 0) is 56.9 Å². The molecule has 1 aliphatic rings. The number of benzene rings is 1. The summed E-state index contributed by atoms with van der Waals surface area (Å²) in [6, 6.07) is 5.94. The van der Waals surface area contributed by atoms with Crippen LogP contribution < -0.4 is 5.32 Å². The Morgan fingerprint density at radius 1 is 1.30 bits per heavy atom. The van der Waals surface area contributed by atoms with Crippen LogP contribution in [0.1, 0.15) is 30.9 Å². The molecule has 4 heteroatoms. The number of piperidine rings is 1. The molecule has 1 aliphatic heterocycles. The van der Waals surface area contributed by atoms with Crippen LogP contribution >= 0.6 is 0 Å². The first-order valence-electron chi connectivity index (χ1n) is 7.18. The Balaban J connectivity index is 1.85. The molecule has 1 heterocycles. The highest BCUT2D eigenvalue weighted by atomic mass is 16.3. The molecule has 0 radical (unpaired) electrons. The summed E-state index contributed by atoms with van der Waals surface area (Å²) in [6.07, 6.45) is 1.45. The fraction of sp³-hybridized carbons (Fsp3) is 0.562. The van der Waals surface area contributed by atoms with Gasteiger partial charge in [-0.2, -0.15) is 0 Å². The third-order valence-corrected chi connectivity index (χ3v) is 4.09. The van der Waals surface area contributed by atoms with Gasteiger partial charge in [0.1, 0.15) is 0 Å². The zero-order valence-electron chi connectivity index (χ0n) is 12.6. The van der Waals surface area contributed by atoms with E-state index in [0.717, 1.165) is 31.6 Å². The largest absolute Gasteiger partial charge is 0.390 e. The fourth-order valence-electron chi connectivity index (χ4n) is 2.42. The van der Waals surface area contributed by atoms with Gasteiger partial charge in [-0.1, -0.05) is 6.07 Å². The molecule has 0 spiro atoms. The van der Waals surface area contributed by atoms with Crippen molar-refractivity contribution in [2.24, 2.45) is 0 Å². The van der Waals surface area contributed by atoms with Crippen LogP contribution in [0.15, 0.2) is 18.2 Å². The maximum Gasteiger partial charge on any atom is 0.238 e. The van der Waals surface area contributed by atoms with E-state index in [2.05, 4.69) is 17.1 Å². The SMILES string of the molecule is Cc1ccc(NC(=O)CN2CCC(C)(O)CC2)cc1C. The summed E-state index contributed by atoms with van der Waals surface area (Å²) >= 11 is 0. The first-order chi connectivity index (χ1) is 9.35. The third kappa shape index (κ3) is 4.05. The molecule has 1 amide bonds. The summed E-state index contributed by atoms with van der Waals surface area (Å²) in [4.78, 5) is 14.1. The minimum atomic E-state index is -0.568. The number of rotatable bonds is 3. The minimum Gasteiger partial charge on any atom is -0.390 e. The van der Waals surface area contributed by atoms with Gasteiger partial charge >= 0.3 is 0 Å². The van der Waals surface area contributed by atoms with Crippen molar-refractivity contribution in [3.63, 3.8) is 0 Å². The van der Waals surface area contributed by atoms with Gasteiger partial charge < -0.3 is 10.4 Å². The number of hydrogen-bond acceptors (Lipinski definition) is 3. The van der Waals surface area contributed by atoms with Gasteiger partial charge in [0, 0.05) is 18.8 Å². The zero-order valence-corrected chi connectivity index (χ0v) is 12.6. The summed E-state index contributed by atoms with van der Waals surface area (Å²) < 4.78 is 0. The van der Waals surface area contributed by atoms with E-state index >= 15 is 0 Å². The monoisotopic (exact) mass is 276 g/mol. The van der Waals surface area contributed by atoms with Crippen molar-refractivity contribution in [2.45, 2.75) is 39.2 Å². The van der Waals surface area contributed by atoms with E-state index in [-0.39, 0.29) is 5.91 Å². The van der Waals surface area contributed by atoms with Crippen LogP contribution in [0.2, 0.25) is 0 Å². The van der Waals surface area contributed by atoms with E-state index in [1.807, 2.05) is 32.0 Å². The smallest absolute Gasteiger partial charge is 0.238 e. The Morgan fingerprint density at radius 3 is 2.55 bits per heavy atom. The Kier molecular flexibility index (Phi) is 4.45. The van der Waals surface area contributed by atoms with Crippen molar-refractivity contribution in [3.8, 4) is 0 Å². The van der Waals surface area contributed by atoms with Crippen molar-refractivity contribution in [1.82, 2.24) is 4.90 Å². The van der Waals surface area contributed by atoms with Crippen LogP contribution in [0, 0.1) is 13.8 Å². The fourth-order valence-corrected chi connectivity index (χ4v) is 2.42. The second-order valence-electron chi connectivity index (χ2n) is 6.12. The van der Waals surface area contributed by atoms with E-state index in [9.17, 15) is 9.90 Å². The van der Waals surface area contributed by atoms with Crippen LogP contribution in [0.3, 0.4) is 0 Å². The highest BCUT2D eigenvalue weighted by Gasteiger charge is 2.27. The first kappa shape index (κ1) is 15.0. The lowest BCUT2D eigenvalue weighted by atomic mass is 9.94. The average molecular weight is 276 g/mol. The third-order valence-electron chi connectivity index (χ3n) is 4.09. The molecule has 0 aromatic heterocycles. The second-order valence-corrected chi connectivity index (χ2v) is 6.12. The lowest BCUT2D eigenvalue weighted by molar-refractivity contribution is -0.118. The Morgan fingerprint density at radius 2 is 1.95 bits per heavy atom. The Hall–Kier alpha value is -1.39. The highest BCUT2D eigenvalue weighted by molar-refractivity contribution is 5.92. The molecule has 1 saturated heterocycles. The van der Waals surface area contributed by atoms with E-state index in [1.54, 1.807) is 0 Å². The number of aryl methyl sites for hydroxylation is 2. The molecule has 2 rings (SSSR count). The van der Waals surface area contributed by atoms with E-state index in [1.165, 1.54) is 11.1 Å². The lowest BCUT2D eigenvalue weighted by Gasteiger charge is -2.35. The molecule has 1 aromatic rings. The zero-order chi connectivity index (χ0) is 14.8. The predicted octanol–water partition coefficient (Wildman–Crippen LogP) is 2.09. The van der Waals surface area contributed by atoms with Crippen LogP contribution in [0.5, 0.6) is 0 Å². The molecule has 0 bridgehead atoms. The quantitative estimate of drug-likeness (QED) is 0.889. The first-order valence-corrected chi connectivity index (χ1v) is 7.18. The molecule has 110 valence electrons. The Labute approximate surface area is 120 Å². The maximum absolute atomic E-state index is 12.0. The second kappa shape index (κ2) is 5.94. The topological polar surface area (TPSA) is 52.6 Å². The van der Waals surface area contributed by atoms with Gasteiger partial charge in [0.2, 0.25) is 5.91 Å². The molecule has 4 nitrogen and oxygen atoms in total. The lowest BCUT2D eigenvalue weighted by Crippen LogP contribution is -2.45. The van der Waals surface area contributed by atoms with E-state index in [0.29, 0.717) is 6.54 Å². The van der Waals surface area contributed by atoms with Crippen LogP contribution in [0.4, 0.5) is 5.69 Å². The normalized spacial score (nSPS) is 18.8. The van der Waals surface area contributed by atoms with Crippen molar-refractivity contribution < 1.29 is 9.90 Å². The number of carbonyl (C=O) groups is 1. The number of aliphatic hydroxyl groups is 1. The molecule has 20 heavy (non-hydrogen) atoms. The van der Waals surface area contributed by atoms with E-state index < -0.39 is 5.60 Å². The molecule has 0 atom stereocenters. The van der Waals surface area contributed by atoms with Gasteiger partial charge in [0.15, 0.2) is 0 Å². The molecule has 0 unspecified atom stereocenters. The van der Waals surface area contributed by atoms with Crippen LogP contribution in [-0.4, -0.2) is 41.1 Å². The van der Waals surface area contributed by atoms with Crippen molar-refractivity contribution in [3.05, 3.63) is 29.3 Å². The van der Waals surface area contributed by atoms with E-state index in [4.69, 9.17) is 0 Å². The van der Waals surface area contributed by atoms with Gasteiger partial charge in [0.25, 0.3) is 0 Å². The number of nitrogens with one attached hydrogen (secondary N) is 1. The van der Waals surface area contributed by atoms with Crippen molar-refractivity contribution >= 4 is 11.6 Å². The molecule has 2 N–H and O–H groups in total. The number of hydrogen-bond donors (Lipinski definition) is 2. The molecule has 0 aliphatic carbocycles. The van der Waals surface area contributed by atoms with Gasteiger partial charge in [0.05, 0.1) is 12.1 Å². The van der Waals surface area contributed by atoms with Crippen LogP contribution in [0.25, 0.3) is 0 Å². The molecule has 0 saturated carbocycles. The number of carbonyl (C=O) groups excluding carboxylic acids is 1.